The topological polar surface area (TPSA) is 53.1 Å². The molecule has 1 fully saturated rings. The third kappa shape index (κ3) is 4.13. The lowest BCUT2D eigenvalue weighted by atomic mass is 10.1. The predicted molar refractivity (Wildman–Crippen MR) is 91.6 cm³/mol. The summed E-state index contributed by atoms with van der Waals surface area (Å²) in [6.45, 7) is 5.67. The molecule has 0 saturated carbocycles. The van der Waals surface area contributed by atoms with Gasteiger partial charge in [-0.05, 0) is 30.7 Å². The zero-order valence-corrected chi connectivity index (χ0v) is 14.2. The molecule has 0 spiro atoms. The second-order valence-corrected chi connectivity index (χ2v) is 6.12. The number of nitrogens with zero attached hydrogens (tertiary/aromatic N) is 3. The van der Waals surface area contributed by atoms with Crippen molar-refractivity contribution in [2.75, 3.05) is 36.4 Å². The van der Waals surface area contributed by atoms with Gasteiger partial charge >= 0.3 is 6.18 Å². The molecule has 0 atom stereocenters. The molecule has 9 heteroatoms. The van der Waals surface area contributed by atoms with Crippen molar-refractivity contribution < 1.29 is 13.2 Å². The van der Waals surface area contributed by atoms with Crippen LogP contribution in [-0.2, 0) is 6.18 Å². The summed E-state index contributed by atoms with van der Waals surface area (Å²) in [5.74, 6) is 0.0241. The van der Waals surface area contributed by atoms with Crippen LogP contribution in [0.2, 0.25) is 5.15 Å². The average molecular weight is 372 g/mol. The zero-order chi connectivity index (χ0) is 18.0. The molecule has 25 heavy (non-hydrogen) atoms. The third-order valence-corrected chi connectivity index (χ3v) is 4.27. The molecule has 0 aliphatic carbocycles. The molecule has 1 aromatic heterocycles. The first-order valence-electron chi connectivity index (χ1n) is 7.77. The fraction of sp³-hybridized carbons (Fsp3) is 0.375. The minimum Gasteiger partial charge on any atom is -0.369 e. The van der Waals surface area contributed by atoms with Gasteiger partial charge in [-0.25, -0.2) is 9.97 Å². The SMILES string of the molecule is Cc1cc(N2CCNCC2)ccc1Nc1ncc(C(F)(F)F)c(Cl)n1. The Labute approximate surface area is 148 Å². The van der Waals surface area contributed by atoms with Crippen molar-refractivity contribution in [3.63, 3.8) is 0 Å². The molecular formula is C16H17ClF3N5. The molecular weight excluding hydrogens is 355 g/mol. The molecule has 0 bridgehead atoms. The first-order chi connectivity index (χ1) is 11.8. The van der Waals surface area contributed by atoms with Crippen LogP contribution in [0.15, 0.2) is 24.4 Å². The van der Waals surface area contributed by atoms with Crippen molar-refractivity contribution in [3.8, 4) is 0 Å². The molecule has 1 saturated heterocycles. The zero-order valence-electron chi connectivity index (χ0n) is 13.5. The molecule has 134 valence electrons. The number of rotatable bonds is 3. The Hall–Kier alpha value is -2.06. The van der Waals surface area contributed by atoms with Crippen LogP contribution >= 0.6 is 11.6 Å². The van der Waals surface area contributed by atoms with Gasteiger partial charge in [-0.2, -0.15) is 13.2 Å². The molecule has 0 amide bonds. The van der Waals surface area contributed by atoms with Crippen LogP contribution in [0.5, 0.6) is 0 Å². The Morgan fingerprint density at radius 1 is 1.24 bits per heavy atom. The first kappa shape index (κ1) is 17.8. The third-order valence-electron chi connectivity index (χ3n) is 3.99. The van der Waals surface area contributed by atoms with Gasteiger partial charge in [0.2, 0.25) is 5.95 Å². The number of aryl methyl sites for hydroxylation is 1. The van der Waals surface area contributed by atoms with Gasteiger partial charge in [0.15, 0.2) is 0 Å². The Balaban J connectivity index is 1.78. The highest BCUT2D eigenvalue weighted by Crippen LogP contribution is 2.34. The number of hydrogen-bond donors (Lipinski definition) is 2. The summed E-state index contributed by atoms with van der Waals surface area (Å²) in [4.78, 5) is 9.68. The van der Waals surface area contributed by atoms with Gasteiger partial charge in [0.05, 0.1) is 0 Å². The summed E-state index contributed by atoms with van der Waals surface area (Å²) < 4.78 is 38.1. The summed E-state index contributed by atoms with van der Waals surface area (Å²) >= 11 is 5.62. The Kier molecular flexibility index (Phi) is 5.01. The smallest absolute Gasteiger partial charge is 0.369 e. The fourth-order valence-corrected chi connectivity index (χ4v) is 2.88. The number of alkyl halides is 3. The van der Waals surface area contributed by atoms with Gasteiger partial charge in [-0.3, -0.25) is 0 Å². The van der Waals surface area contributed by atoms with E-state index < -0.39 is 16.9 Å². The van der Waals surface area contributed by atoms with Crippen LogP contribution in [0.3, 0.4) is 0 Å². The molecule has 0 radical (unpaired) electrons. The summed E-state index contributed by atoms with van der Waals surface area (Å²) in [5.41, 5.74) is 1.71. The van der Waals surface area contributed by atoms with Crippen molar-refractivity contribution in [1.82, 2.24) is 15.3 Å². The summed E-state index contributed by atoms with van der Waals surface area (Å²) in [6.07, 6.45) is -3.89. The highest BCUT2D eigenvalue weighted by Gasteiger charge is 2.34. The number of hydrogen-bond acceptors (Lipinski definition) is 5. The Morgan fingerprint density at radius 2 is 1.96 bits per heavy atom. The maximum Gasteiger partial charge on any atom is 0.420 e. The highest BCUT2D eigenvalue weighted by molar-refractivity contribution is 6.30. The van der Waals surface area contributed by atoms with Gasteiger partial charge in [-0.15, -0.1) is 0 Å². The van der Waals surface area contributed by atoms with Gasteiger partial charge in [0, 0.05) is 43.8 Å². The second-order valence-electron chi connectivity index (χ2n) is 5.76. The van der Waals surface area contributed by atoms with Crippen LogP contribution < -0.4 is 15.5 Å². The maximum absolute atomic E-state index is 12.7. The van der Waals surface area contributed by atoms with E-state index in [0.717, 1.165) is 43.1 Å². The quantitative estimate of drug-likeness (QED) is 0.807. The van der Waals surface area contributed by atoms with Crippen molar-refractivity contribution in [1.29, 1.82) is 0 Å². The van der Waals surface area contributed by atoms with Gasteiger partial charge in [-0.1, -0.05) is 11.6 Å². The van der Waals surface area contributed by atoms with Crippen LogP contribution in [-0.4, -0.2) is 36.1 Å². The molecule has 2 heterocycles. The van der Waals surface area contributed by atoms with E-state index in [0.29, 0.717) is 6.20 Å². The van der Waals surface area contributed by atoms with Crippen molar-refractivity contribution >= 4 is 28.9 Å². The highest BCUT2D eigenvalue weighted by atomic mass is 35.5. The number of aromatic nitrogens is 2. The van der Waals surface area contributed by atoms with E-state index >= 15 is 0 Å². The minimum atomic E-state index is -4.57. The predicted octanol–water partition coefficient (Wildman–Crippen LogP) is 3.61. The summed E-state index contributed by atoms with van der Waals surface area (Å²) in [7, 11) is 0. The number of piperazine rings is 1. The molecule has 1 aliphatic rings. The van der Waals surface area contributed by atoms with E-state index in [1.54, 1.807) is 0 Å². The van der Waals surface area contributed by atoms with Crippen LogP contribution in [0.25, 0.3) is 0 Å². The lowest BCUT2D eigenvalue weighted by Crippen LogP contribution is -2.43. The second kappa shape index (κ2) is 7.05. The van der Waals surface area contributed by atoms with Gasteiger partial charge in [0.1, 0.15) is 10.7 Å². The number of benzene rings is 1. The monoisotopic (exact) mass is 371 g/mol. The molecule has 0 unspecified atom stereocenters. The standard InChI is InChI=1S/C16H17ClF3N5/c1-10-8-11(25-6-4-21-5-7-25)2-3-13(10)23-15-22-9-12(14(17)24-15)16(18,19)20/h2-3,8-9,21H,4-7H2,1H3,(H,22,23,24). The average Bonchev–Trinajstić information content (AvgIpc) is 2.56. The van der Waals surface area contributed by atoms with E-state index in [4.69, 9.17) is 11.6 Å². The molecule has 1 aromatic carbocycles. The number of halogens is 4. The lowest BCUT2D eigenvalue weighted by Gasteiger charge is -2.30. The molecule has 2 N–H and O–H groups in total. The van der Waals surface area contributed by atoms with Gasteiger partial charge < -0.3 is 15.5 Å². The van der Waals surface area contributed by atoms with Crippen molar-refractivity contribution in [2.24, 2.45) is 0 Å². The van der Waals surface area contributed by atoms with Gasteiger partial charge in [0.25, 0.3) is 0 Å². The van der Waals surface area contributed by atoms with Crippen LogP contribution in [0, 0.1) is 6.92 Å². The van der Waals surface area contributed by atoms with E-state index in [1.807, 2.05) is 25.1 Å². The normalized spacial score (nSPS) is 15.3. The van der Waals surface area contributed by atoms with E-state index in [2.05, 4.69) is 25.5 Å². The molecule has 1 aliphatic heterocycles. The van der Waals surface area contributed by atoms with Crippen LogP contribution in [0.4, 0.5) is 30.5 Å². The van der Waals surface area contributed by atoms with Crippen molar-refractivity contribution in [2.45, 2.75) is 13.1 Å². The summed E-state index contributed by atoms with van der Waals surface area (Å²) in [5, 5.41) is 5.59. The van der Waals surface area contributed by atoms with E-state index in [-0.39, 0.29) is 5.95 Å². The van der Waals surface area contributed by atoms with E-state index in [1.165, 1.54) is 0 Å². The fourth-order valence-electron chi connectivity index (χ4n) is 2.64. The lowest BCUT2D eigenvalue weighted by molar-refractivity contribution is -0.137. The van der Waals surface area contributed by atoms with Crippen molar-refractivity contribution in [3.05, 3.63) is 40.7 Å². The first-order valence-corrected chi connectivity index (χ1v) is 8.15. The molecule has 3 rings (SSSR count). The van der Waals surface area contributed by atoms with E-state index in [9.17, 15) is 13.2 Å². The minimum absolute atomic E-state index is 0.0241. The van der Waals surface area contributed by atoms with Crippen LogP contribution in [0.1, 0.15) is 11.1 Å². The maximum atomic E-state index is 12.7. The molecule has 5 nitrogen and oxygen atoms in total. The molecule has 2 aromatic rings. The Bertz CT molecular complexity index is 760. The number of anilines is 3. The number of nitrogens with one attached hydrogen (secondary N) is 2. The summed E-state index contributed by atoms with van der Waals surface area (Å²) in [6, 6.07) is 5.85. The largest absolute Gasteiger partial charge is 0.420 e. The Morgan fingerprint density at radius 3 is 2.56 bits per heavy atom.